The molecule has 0 bridgehead atoms. The van der Waals surface area contributed by atoms with Crippen LogP contribution in [0.25, 0.3) is 0 Å². The molecule has 2 rings (SSSR count). The highest BCUT2D eigenvalue weighted by Gasteiger charge is 2.27. The van der Waals surface area contributed by atoms with Crippen molar-refractivity contribution in [2.24, 2.45) is 0 Å². The van der Waals surface area contributed by atoms with Crippen LogP contribution in [0.1, 0.15) is 18.4 Å². The van der Waals surface area contributed by atoms with Gasteiger partial charge in [0.2, 0.25) is 17.8 Å². The Balaban J connectivity index is 2.13. The second kappa shape index (κ2) is 5.30. The van der Waals surface area contributed by atoms with Crippen molar-refractivity contribution in [1.82, 2.24) is 10.3 Å². The summed E-state index contributed by atoms with van der Waals surface area (Å²) in [5.74, 6) is -1.27. The lowest BCUT2D eigenvalue weighted by atomic mass is 10.1. The van der Waals surface area contributed by atoms with E-state index < -0.39 is 17.9 Å². The van der Waals surface area contributed by atoms with E-state index in [0.717, 1.165) is 0 Å². The maximum atomic E-state index is 13.4. The van der Waals surface area contributed by atoms with Crippen LogP contribution in [0.5, 0.6) is 0 Å². The molecule has 1 aliphatic heterocycles. The Kier molecular flexibility index (Phi) is 3.76. The fraction of sp³-hybridized carbons (Fsp3) is 0.364. The summed E-state index contributed by atoms with van der Waals surface area (Å²) in [4.78, 5) is 26.0. The molecule has 1 unspecified atom stereocenters. The van der Waals surface area contributed by atoms with E-state index in [2.05, 4.69) is 15.6 Å². The molecule has 1 saturated heterocycles. The van der Waals surface area contributed by atoms with Crippen LogP contribution in [0.2, 0.25) is 0 Å². The number of carbonyl (C=O) groups is 2. The minimum atomic E-state index is -0.700. The lowest BCUT2D eigenvalue weighted by molar-refractivity contribution is -0.133. The van der Waals surface area contributed by atoms with E-state index in [0.29, 0.717) is 12.0 Å². The normalized spacial score (nSPS) is 19.6. The molecule has 2 N–H and O–H groups in total. The summed E-state index contributed by atoms with van der Waals surface area (Å²) in [6, 6.07) is 0.864. The highest BCUT2D eigenvalue weighted by molar-refractivity contribution is 6.17. The zero-order chi connectivity index (χ0) is 13.1. The van der Waals surface area contributed by atoms with Gasteiger partial charge in [-0.1, -0.05) is 0 Å². The number of hydrogen-bond acceptors (Lipinski definition) is 4. The summed E-state index contributed by atoms with van der Waals surface area (Å²) in [5, 5.41) is 4.92. The predicted molar refractivity (Wildman–Crippen MR) is 63.5 cm³/mol. The van der Waals surface area contributed by atoms with E-state index in [1.54, 1.807) is 0 Å². The number of rotatable bonds is 3. The number of piperidine rings is 1. The third-order valence-electron chi connectivity index (χ3n) is 2.62. The highest BCUT2D eigenvalue weighted by atomic mass is 35.5. The van der Waals surface area contributed by atoms with Crippen LogP contribution in [0.4, 0.5) is 10.1 Å². The van der Waals surface area contributed by atoms with Gasteiger partial charge < -0.3 is 5.32 Å². The zero-order valence-electron chi connectivity index (χ0n) is 9.37. The molecule has 2 amide bonds. The number of pyridine rings is 1. The average molecular weight is 272 g/mol. The molecule has 18 heavy (non-hydrogen) atoms. The molecule has 0 aliphatic carbocycles. The summed E-state index contributed by atoms with van der Waals surface area (Å²) in [5.41, 5.74) is 0.760. The van der Waals surface area contributed by atoms with Gasteiger partial charge in [0.05, 0.1) is 5.69 Å². The molecular formula is C11H11ClFN3O2. The number of alkyl halides is 1. The molecule has 2 heterocycles. The molecule has 5 nitrogen and oxygen atoms in total. The number of carbonyl (C=O) groups excluding carboxylic acids is 2. The van der Waals surface area contributed by atoms with E-state index in [4.69, 9.17) is 11.6 Å². The third kappa shape index (κ3) is 2.76. The van der Waals surface area contributed by atoms with Gasteiger partial charge in [0.25, 0.3) is 0 Å². The van der Waals surface area contributed by atoms with Gasteiger partial charge in [0.1, 0.15) is 6.04 Å². The molecule has 0 saturated carbocycles. The van der Waals surface area contributed by atoms with Gasteiger partial charge in [-0.15, -0.1) is 11.6 Å². The molecule has 1 aliphatic rings. The second-order valence-electron chi connectivity index (χ2n) is 3.96. The Morgan fingerprint density at radius 1 is 1.56 bits per heavy atom. The highest BCUT2D eigenvalue weighted by Crippen LogP contribution is 2.18. The fourth-order valence-electron chi connectivity index (χ4n) is 1.68. The van der Waals surface area contributed by atoms with Gasteiger partial charge in [-0.2, -0.15) is 4.39 Å². The fourth-order valence-corrected chi connectivity index (χ4v) is 1.83. The minimum Gasteiger partial charge on any atom is -0.370 e. The molecule has 0 spiro atoms. The monoisotopic (exact) mass is 271 g/mol. The first-order valence-electron chi connectivity index (χ1n) is 5.41. The number of aromatic nitrogens is 1. The first-order valence-corrected chi connectivity index (χ1v) is 5.94. The molecule has 1 atom stereocenters. The molecule has 0 aromatic carbocycles. The molecule has 96 valence electrons. The SMILES string of the molecule is O=C1CCC(Nc2cc(CCl)cnc2F)C(=O)N1. The van der Waals surface area contributed by atoms with Gasteiger partial charge in [0.15, 0.2) is 0 Å². The van der Waals surface area contributed by atoms with E-state index >= 15 is 0 Å². The van der Waals surface area contributed by atoms with Crippen LogP contribution in [-0.2, 0) is 15.5 Å². The number of imide groups is 1. The second-order valence-corrected chi connectivity index (χ2v) is 4.23. The largest absolute Gasteiger partial charge is 0.370 e. The Morgan fingerprint density at radius 3 is 3.00 bits per heavy atom. The molecular weight excluding hydrogens is 261 g/mol. The first-order chi connectivity index (χ1) is 8.60. The van der Waals surface area contributed by atoms with Crippen LogP contribution >= 0.6 is 11.6 Å². The van der Waals surface area contributed by atoms with Gasteiger partial charge in [-0.3, -0.25) is 14.9 Å². The van der Waals surface area contributed by atoms with Gasteiger partial charge in [-0.05, 0) is 18.1 Å². The molecule has 1 fully saturated rings. The maximum Gasteiger partial charge on any atom is 0.249 e. The molecule has 1 aromatic heterocycles. The van der Waals surface area contributed by atoms with Crippen molar-refractivity contribution in [3.63, 3.8) is 0 Å². The number of nitrogens with zero attached hydrogens (tertiary/aromatic N) is 1. The van der Waals surface area contributed by atoms with Crippen molar-refractivity contribution in [3.05, 3.63) is 23.8 Å². The third-order valence-corrected chi connectivity index (χ3v) is 2.93. The summed E-state index contributed by atoms with van der Waals surface area (Å²) in [6.07, 6.45) is 1.89. The quantitative estimate of drug-likeness (QED) is 0.492. The van der Waals surface area contributed by atoms with E-state index in [1.165, 1.54) is 12.3 Å². The lowest BCUT2D eigenvalue weighted by Gasteiger charge is -2.22. The van der Waals surface area contributed by atoms with Gasteiger partial charge in [-0.25, -0.2) is 4.98 Å². The lowest BCUT2D eigenvalue weighted by Crippen LogP contribution is -2.47. The standard InChI is InChI=1S/C11H11ClFN3O2/c12-4-6-3-8(10(13)14-5-6)15-7-1-2-9(17)16-11(7)18/h3,5,7,15H,1-2,4H2,(H,16,17,18). The van der Waals surface area contributed by atoms with Crippen LogP contribution in [0.3, 0.4) is 0 Å². The number of nitrogens with one attached hydrogen (secondary N) is 2. The van der Waals surface area contributed by atoms with Crippen LogP contribution in [0.15, 0.2) is 12.3 Å². The predicted octanol–water partition coefficient (Wildman–Crippen LogP) is 1.18. The van der Waals surface area contributed by atoms with Crippen molar-refractivity contribution in [3.8, 4) is 0 Å². The maximum absolute atomic E-state index is 13.4. The average Bonchev–Trinajstić information content (AvgIpc) is 2.35. The number of halogens is 2. The molecule has 1 aromatic rings. The number of hydrogen-bond donors (Lipinski definition) is 2. The van der Waals surface area contributed by atoms with E-state index in [1.807, 2.05) is 0 Å². The topological polar surface area (TPSA) is 71.1 Å². The van der Waals surface area contributed by atoms with Crippen LogP contribution in [0, 0.1) is 5.95 Å². The van der Waals surface area contributed by atoms with Crippen molar-refractivity contribution in [2.75, 3.05) is 5.32 Å². The smallest absolute Gasteiger partial charge is 0.249 e. The Hall–Kier alpha value is -1.69. The Labute approximate surface area is 108 Å². The van der Waals surface area contributed by atoms with Crippen molar-refractivity contribution < 1.29 is 14.0 Å². The summed E-state index contributed by atoms with van der Waals surface area (Å²) in [6.45, 7) is 0. The van der Waals surface area contributed by atoms with Crippen molar-refractivity contribution in [2.45, 2.75) is 24.8 Å². The summed E-state index contributed by atoms with van der Waals surface area (Å²) >= 11 is 5.63. The minimum absolute atomic E-state index is 0.114. The number of anilines is 1. The zero-order valence-corrected chi connectivity index (χ0v) is 10.1. The Morgan fingerprint density at radius 2 is 2.33 bits per heavy atom. The van der Waals surface area contributed by atoms with E-state index in [9.17, 15) is 14.0 Å². The van der Waals surface area contributed by atoms with Crippen LogP contribution in [-0.4, -0.2) is 22.8 Å². The molecule has 0 radical (unpaired) electrons. The first kappa shape index (κ1) is 12.8. The number of amides is 2. The van der Waals surface area contributed by atoms with Crippen molar-refractivity contribution in [1.29, 1.82) is 0 Å². The van der Waals surface area contributed by atoms with E-state index in [-0.39, 0.29) is 23.9 Å². The van der Waals surface area contributed by atoms with Gasteiger partial charge in [0, 0.05) is 18.5 Å². The van der Waals surface area contributed by atoms with Crippen molar-refractivity contribution >= 4 is 29.1 Å². The summed E-state index contributed by atoms with van der Waals surface area (Å²) in [7, 11) is 0. The van der Waals surface area contributed by atoms with Gasteiger partial charge >= 0.3 is 0 Å². The summed E-state index contributed by atoms with van der Waals surface area (Å²) < 4.78 is 13.4. The molecule has 7 heteroatoms. The Bertz CT molecular complexity index is 495. The van der Waals surface area contributed by atoms with Crippen LogP contribution < -0.4 is 10.6 Å².